The van der Waals surface area contributed by atoms with Gasteiger partial charge in [-0.3, -0.25) is 0 Å². The highest BCUT2D eigenvalue weighted by molar-refractivity contribution is 5.06. The molecule has 94 valence electrons. The van der Waals surface area contributed by atoms with Crippen LogP contribution in [0.2, 0.25) is 0 Å². The lowest BCUT2D eigenvalue weighted by Gasteiger charge is -2.10. The summed E-state index contributed by atoms with van der Waals surface area (Å²) in [7, 11) is 0. The van der Waals surface area contributed by atoms with Crippen LogP contribution in [0.1, 0.15) is 56.6 Å². The molecule has 2 unspecified atom stereocenters. The third kappa shape index (κ3) is 2.71. The van der Waals surface area contributed by atoms with Crippen molar-refractivity contribution in [3.8, 4) is 0 Å². The lowest BCUT2D eigenvalue weighted by Crippen LogP contribution is -2.19. The Labute approximate surface area is 103 Å². The summed E-state index contributed by atoms with van der Waals surface area (Å²) < 4.78 is 5.89. The van der Waals surface area contributed by atoms with Crippen molar-refractivity contribution in [2.45, 2.75) is 57.4 Å². The number of nitrogens with one attached hydrogen (secondary N) is 1. The topological polar surface area (TPSA) is 38.1 Å². The van der Waals surface area contributed by atoms with E-state index in [9.17, 15) is 0 Å². The minimum absolute atomic E-state index is 0.618. The Morgan fingerprint density at radius 2 is 2.24 bits per heavy atom. The van der Waals surface area contributed by atoms with Crippen molar-refractivity contribution in [1.82, 2.24) is 10.3 Å². The highest BCUT2D eigenvalue weighted by Crippen LogP contribution is 2.39. The number of aromatic nitrogens is 1. The minimum atomic E-state index is 0.618. The Hall–Kier alpha value is -0.830. The molecule has 0 spiro atoms. The van der Waals surface area contributed by atoms with Gasteiger partial charge in [0.2, 0.25) is 0 Å². The standard InChI is InChI=1S/C14H22N2O/c1-10-3-2-4-12(10)13-9-16-14(17-13)7-8-15-11-5-6-11/h9-12,15H,2-8H2,1H3. The van der Waals surface area contributed by atoms with Gasteiger partial charge in [0.05, 0.1) is 6.20 Å². The van der Waals surface area contributed by atoms with Gasteiger partial charge < -0.3 is 9.73 Å². The molecule has 17 heavy (non-hydrogen) atoms. The third-order valence-corrected chi connectivity index (χ3v) is 4.15. The van der Waals surface area contributed by atoms with E-state index in [0.717, 1.165) is 36.6 Å². The van der Waals surface area contributed by atoms with Crippen molar-refractivity contribution in [3.05, 3.63) is 17.8 Å². The van der Waals surface area contributed by atoms with Gasteiger partial charge in [0.1, 0.15) is 5.76 Å². The molecule has 1 aromatic heterocycles. The summed E-state index contributed by atoms with van der Waals surface area (Å²) in [6.07, 6.45) is 9.52. The first-order valence-electron chi connectivity index (χ1n) is 7.01. The molecule has 3 rings (SSSR count). The Morgan fingerprint density at radius 3 is 2.94 bits per heavy atom. The molecular weight excluding hydrogens is 212 g/mol. The highest BCUT2D eigenvalue weighted by Gasteiger charge is 2.28. The normalized spacial score (nSPS) is 28.8. The summed E-state index contributed by atoms with van der Waals surface area (Å²) >= 11 is 0. The maximum Gasteiger partial charge on any atom is 0.195 e. The fourth-order valence-corrected chi connectivity index (χ4v) is 2.85. The second-order valence-electron chi connectivity index (χ2n) is 5.65. The number of oxazole rings is 1. The highest BCUT2D eigenvalue weighted by atomic mass is 16.4. The molecule has 0 amide bonds. The summed E-state index contributed by atoms with van der Waals surface area (Å²) in [5, 5.41) is 3.49. The van der Waals surface area contributed by atoms with E-state index in [0.29, 0.717) is 5.92 Å². The molecule has 1 aromatic rings. The van der Waals surface area contributed by atoms with E-state index in [4.69, 9.17) is 4.42 Å². The van der Waals surface area contributed by atoms with Gasteiger partial charge in [-0.05, 0) is 31.6 Å². The molecule has 2 atom stereocenters. The average Bonchev–Trinajstić information content (AvgIpc) is 2.85. The monoisotopic (exact) mass is 234 g/mol. The number of nitrogens with zero attached hydrogens (tertiary/aromatic N) is 1. The number of rotatable bonds is 5. The molecule has 2 aliphatic rings. The third-order valence-electron chi connectivity index (χ3n) is 4.15. The molecular formula is C14H22N2O. The first kappa shape index (κ1) is 11.3. The summed E-state index contributed by atoms with van der Waals surface area (Å²) in [6, 6.07) is 0.777. The quantitative estimate of drug-likeness (QED) is 0.851. The van der Waals surface area contributed by atoms with Crippen LogP contribution in [0.3, 0.4) is 0 Å². The SMILES string of the molecule is CC1CCCC1c1cnc(CCNC2CC2)o1. The van der Waals surface area contributed by atoms with Crippen molar-refractivity contribution in [1.29, 1.82) is 0 Å². The molecule has 2 saturated carbocycles. The maximum absolute atomic E-state index is 5.89. The summed E-state index contributed by atoms with van der Waals surface area (Å²) in [5.74, 6) is 3.41. The first-order chi connectivity index (χ1) is 8.33. The first-order valence-corrected chi connectivity index (χ1v) is 7.01. The van der Waals surface area contributed by atoms with Crippen molar-refractivity contribution >= 4 is 0 Å². The van der Waals surface area contributed by atoms with Crippen molar-refractivity contribution in [2.75, 3.05) is 6.54 Å². The van der Waals surface area contributed by atoms with Gasteiger partial charge in [-0.1, -0.05) is 13.3 Å². The predicted molar refractivity (Wildman–Crippen MR) is 67.0 cm³/mol. The predicted octanol–water partition coefficient (Wildman–Crippen LogP) is 2.87. The van der Waals surface area contributed by atoms with Crippen molar-refractivity contribution in [3.63, 3.8) is 0 Å². The fourth-order valence-electron chi connectivity index (χ4n) is 2.85. The van der Waals surface area contributed by atoms with Gasteiger partial charge in [-0.25, -0.2) is 4.98 Å². The molecule has 0 saturated heterocycles. The summed E-state index contributed by atoms with van der Waals surface area (Å²) in [5.41, 5.74) is 0. The molecule has 0 aromatic carbocycles. The van der Waals surface area contributed by atoms with Crippen LogP contribution in [0.15, 0.2) is 10.6 Å². The molecule has 2 fully saturated rings. The van der Waals surface area contributed by atoms with E-state index in [-0.39, 0.29) is 0 Å². The van der Waals surface area contributed by atoms with Gasteiger partial charge in [0.25, 0.3) is 0 Å². The lowest BCUT2D eigenvalue weighted by atomic mass is 9.96. The van der Waals surface area contributed by atoms with Crippen LogP contribution < -0.4 is 5.32 Å². The van der Waals surface area contributed by atoms with Crippen LogP contribution in [0.25, 0.3) is 0 Å². The van der Waals surface area contributed by atoms with Gasteiger partial charge in [0, 0.05) is 24.9 Å². The van der Waals surface area contributed by atoms with Crippen LogP contribution in [0.4, 0.5) is 0 Å². The number of hydrogen-bond donors (Lipinski definition) is 1. The van der Waals surface area contributed by atoms with Crippen LogP contribution in [0, 0.1) is 5.92 Å². The molecule has 0 aliphatic heterocycles. The van der Waals surface area contributed by atoms with E-state index < -0.39 is 0 Å². The second-order valence-corrected chi connectivity index (χ2v) is 5.65. The molecule has 1 heterocycles. The largest absolute Gasteiger partial charge is 0.445 e. The van der Waals surface area contributed by atoms with Crippen molar-refractivity contribution in [2.24, 2.45) is 5.92 Å². The van der Waals surface area contributed by atoms with E-state index in [1.807, 2.05) is 6.20 Å². The Balaban J connectivity index is 1.53. The summed E-state index contributed by atoms with van der Waals surface area (Å²) in [6.45, 7) is 3.33. The molecule has 2 aliphatic carbocycles. The molecule has 3 heteroatoms. The summed E-state index contributed by atoms with van der Waals surface area (Å²) in [4.78, 5) is 4.41. The Kier molecular flexibility index (Phi) is 3.19. The lowest BCUT2D eigenvalue weighted by molar-refractivity contribution is 0.387. The van der Waals surface area contributed by atoms with E-state index in [1.165, 1.54) is 32.1 Å². The van der Waals surface area contributed by atoms with E-state index in [1.54, 1.807) is 0 Å². The Morgan fingerprint density at radius 1 is 1.35 bits per heavy atom. The fraction of sp³-hybridized carbons (Fsp3) is 0.786. The van der Waals surface area contributed by atoms with Crippen LogP contribution >= 0.6 is 0 Å². The minimum Gasteiger partial charge on any atom is -0.445 e. The van der Waals surface area contributed by atoms with Crippen LogP contribution in [0.5, 0.6) is 0 Å². The molecule has 0 bridgehead atoms. The zero-order valence-electron chi connectivity index (χ0n) is 10.6. The van der Waals surface area contributed by atoms with Gasteiger partial charge in [0.15, 0.2) is 5.89 Å². The molecule has 0 radical (unpaired) electrons. The zero-order chi connectivity index (χ0) is 11.7. The second kappa shape index (κ2) is 4.81. The van der Waals surface area contributed by atoms with Gasteiger partial charge >= 0.3 is 0 Å². The number of hydrogen-bond acceptors (Lipinski definition) is 3. The van der Waals surface area contributed by atoms with Crippen LogP contribution in [-0.4, -0.2) is 17.6 Å². The van der Waals surface area contributed by atoms with Crippen molar-refractivity contribution < 1.29 is 4.42 Å². The smallest absolute Gasteiger partial charge is 0.195 e. The molecule has 3 nitrogen and oxygen atoms in total. The Bertz CT molecular complexity index is 370. The van der Waals surface area contributed by atoms with Gasteiger partial charge in [-0.15, -0.1) is 0 Å². The average molecular weight is 234 g/mol. The maximum atomic E-state index is 5.89. The van der Waals surface area contributed by atoms with Gasteiger partial charge in [-0.2, -0.15) is 0 Å². The zero-order valence-corrected chi connectivity index (χ0v) is 10.6. The van der Waals surface area contributed by atoms with Crippen LogP contribution in [-0.2, 0) is 6.42 Å². The van der Waals surface area contributed by atoms with E-state index >= 15 is 0 Å². The van der Waals surface area contributed by atoms with E-state index in [2.05, 4.69) is 17.2 Å². The molecule has 1 N–H and O–H groups in total.